The Hall–Kier alpha value is -2.28. The van der Waals surface area contributed by atoms with Gasteiger partial charge in [-0.1, -0.05) is 17.3 Å². The van der Waals surface area contributed by atoms with Crippen molar-refractivity contribution >= 4 is 23.1 Å². The number of H-pyrrole nitrogens is 1. The number of aromatic amines is 1. The van der Waals surface area contributed by atoms with Crippen molar-refractivity contribution in [3.05, 3.63) is 51.8 Å². The molecule has 6 nitrogen and oxygen atoms in total. The van der Waals surface area contributed by atoms with Gasteiger partial charge in [-0.3, -0.25) is 14.0 Å². The number of nitrogens with zero attached hydrogens (tertiary/aromatic N) is 4. The Morgan fingerprint density at radius 2 is 2.10 bits per heavy atom. The lowest BCUT2D eigenvalue weighted by Crippen LogP contribution is -2.23. The first-order valence-electron chi connectivity index (χ1n) is 6.31. The van der Waals surface area contributed by atoms with E-state index in [0.29, 0.717) is 23.2 Å². The van der Waals surface area contributed by atoms with Gasteiger partial charge in [0.2, 0.25) is 0 Å². The minimum Gasteiger partial charge on any atom is -0.332 e. The molecule has 0 fully saturated rings. The number of fused-ring (bicyclic) bond motifs is 1. The summed E-state index contributed by atoms with van der Waals surface area (Å²) in [4.78, 5) is 15.5. The molecule has 2 heterocycles. The standard InChI is InChI=1S/C13H13N5OS/c19-12-10-4-1-2-5-11(10)15-13(20)18(12)8-3-7-17-9-6-14-16-17/h1-2,4-6,9H,3,7-8H2,(H,15,20). The van der Waals surface area contributed by atoms with Crippen molar-refractivity contribution in [1.82, 2.24) is 24.5 Å². The predicted molar refractivity (Wildman–Crippen MR) is 78.0 cm³/mol. The molecule has 0 aliphatic carbocycles. The summed E-state index contributed by atoms with van der Waals surface area (Å²) >= 11 is 5.25. The normalized spacial score (nSPS) is 11.0. The van der Waals surface area contributed by atoms with E-state index in [4.69, 9.17) is 12.2 Å². The van der Waals surface area contributed by atoms with Crippen LogP contribution in [-0.2, 0) is 13.1 Å². The zero-order valence-electron chi connectivity index (χ0n) is 10.7. The number of hydrogen-bond acceptors (Lipinski definition) is 4. The summed E-state index contributed by atoms with van der Waals surface area (Å²) in [6.45, 7) is 1.26. The van der Waals surface area contributed by atoms with Crippen molar-refractivity contribution in [2.24, 2.45) is 0 Å². The minimum absolute atomic E-state index is 0.0528. The van der Waals surface area contributed by atoms with Gasteiger partial charge < -0.3 is 4.98 Å². The molecule has 20 heavy (non-hydrogen) atoms. The van der Waals surface area contributed by atoms with Gasteiger partial charge >= 0.3 is 0 Å². The maximum absolute atomic E-state index is 12.4. The maximum Gasteiger partial charge on any atom is 0.262 e. The second-order valence-corrected chi connectivity index (χ2v) is 4.84. The Bertz CT molecular complexity index is 834. The zero-order chi connectivity index (χ0) is 13.9. The van der Waals surface area contributed by atoms with Gasteiger partial charge in [0.1, 0.15) is 0 Å². The molecule has 0 atom stereocenters. The SMILES string of the molecule is O=c1c2ccccc2[nH]c(=S)n1CCCn1ccnn1. The summed E-state index contributed by atoms with van der Waals surface area (Å²) in [5.41, 5.74) is 0.720. The van der Waals surface area contributed by atoms with E-state index in [1.54, 1.807) is 27.7 Å². The zero-order valence-corrected chi connectivity index (χ0v) is 11.5. The molecule has 102 valence electrons. The van der Waals surface area contributed by atoms with Crippen molar-refractivity contribution in [2.75, 3.05) is 0 Å². The third-order valence-corrected chi connectivity index (χ3v) is 3.45. The fraction of sp³-hybridized carbons (Fsp3) is 0.231. The molecule has 0 aliphatic rings. The molecule has 0 bridgehead atoms. The van der Waals surface area contributed by atoms with Gasteiger partial charge in [0.05, 0.1) is 17.1 Å². The molecule has 3 aromatic rings. The molecule has 0 unspecified atom stereocenters. The van der Waals surface area contributed by atoms with Crippen molar-refractivity contribution < 1.29 is 0 Å². The lowest BCUT2D eigenvalue weighted by Gasteiger charge is -2.07. The molecule has 0 saturated heterocycles. The van der Waals surface area contributed by atoms with Crippen LogP contribution >= 0.6 is 12.2 Å². The van der Waals surface area contributed by atoms with Crippen LogP contribution in [0.25, 0.3) is 10.9 Å². The van der Waals surface area contributed by atoms with Crippen LogP contribution in [0.4, 0.5) is 0 Å². The van der Waals surface area contributed by atoms with Gasteiger partial charge in [-0.25, -0.2) is 0 Å². The Labute approximate surface area is 119 Å². The van der Waals surface area contributed by atoms with Crippen molar-refractivity contribution in [3.63, 3.8) is 0 Å². The molecule has 0 saturated carbocycles. The van der Waals surface area contributed by atoms with Crippen LogP contribution in [0.5, 0.6) is 0 Å². The first-order chi connectivity index (χ1) is 9.75. The van der Waals surface area contributed by atoms with E-state index in [9.17, 15) is 4.79 Å². The van der Waals surface area contributed by atoms with E-state index in [0.717, 1.165) is 11.9 Å². The quantitative estimate of drug-likeness (QED) is 0.742. The van der Waals surface area contributed by atoms with Gasteiger partial charge in [0, 0.05) is 19.3 Å². The van der Waals surface area contributed by atoms with Crippen LogP contribution in [0.15, 0.2) is 41.5 Å². The molecule has 1 N–H and O–H groups in total. The van der Waals surface area contributed by atoms with Crippen LogP contribution < -0.4 is 5.56 Å². The highest BCUT2D eigenvalue weighted by molar-refractivity contribution is 7.71. The number of para-hydroxylation sites is 1. The van der Waals surface area contributed by atoms with E-state index in [1.807, 2.05) is 18.2 Å². The largest absolute Gasteiger partial charge is 0.332 e. The smallest absolute Gasteiger partial charge is 0.262 e. The highest BCUT2D eigenvalue weighted by atomic mass is 32.1. The summed E-state index contributed by atoms with van der Waals surface area (Å²) in [7, 11) is 0. The summed E-state index contributed by atoms with van der Waals surface area (Å²) in [5.74, 6) is 0. The van der Waals surface area contributed by atoms with Crippen molar-refractivity contribution in [2.45, 2.75) is 19.5 Å². The van der Waals surface area contributed by atoms with E-state index >= 15 is 0 Å². The first kappa shape index (κ1) is 12.7. The van der Waals surface area contributed by atoms with Crippen LogP contribution in [0.3, 0.4) is 0 Å². The number of nitrogens with one attached hydrogen (secondary N) is 1. The minimum atomic E-state index is -0.0528. The average molecular weight is 287 g/mol. The Morgan fingerprint density at radius 3 is 2.90 bits per heavy atom. The van der Waals surface area contributed by atoms with E-state index < -0.39 is 0 Å². The monoisotopic (exact) mass is 287 g/mol. The van der Waals surface area contributed by atoms with Gasteiger partial charge in [-0.05, 0) is 30.8 Å². The predicted octanol–water partition coefficient (Wildman–Crippen LogP) is 1.74. The number of aryl methyl sites for hydroxylation is 1. The molecule has 2 aromatic heterocycles. The third kappa shape index (κ3) is 2.39. The topological polar surface area (TPSA) is 68.5 Å². The van der Waals surface area contributed by atoms with Crippen LogP contribution in [0.1, 0.15) is 6.42 Å². The highest BCUT2D eigenvalue weighted by Gasteiger charge is 2.04. The molecule has 0 radical (unpaired) electrons. The van der Waals surface area contributed by atoms with Gasteiger partial charge in [0.25, 0.3) is 5.56 Å². The lowest BCUT2D eigenvalue weighted by molar-refractivity contribution is 0.504. The summed E-state index contributed by atoms with van der Waals surface area (Å²) in [5, 5.41) is 8.28. The van der Waals surface area contributed by atoms with Crippen molar-refractivity contribution in [3.8, 4) is 0 Å². The van der Waals surface area contributed by atoms with Gasteiger partial charge in [-0.15, -0.1) is 5.10 Å². The molecular weight excluding hydrogens is 274 g/mol. The first-order valence-corrected chi connectivity index (χ1v) is 6.72. The molecule has 0 aliphatic heterocycles. The number of rotatable bonds is 4. The lowest BCUT2D eigenvalue weighted by atomic mass is 10.2. The summed E-state index contributed by atoms with van der Waals surface area (Å²) in [6.07, 6.45) is 4.19. The number of hydrogen-bond donors (Lipinski definition) is 1. The second-order valence-electron chi connectivity index (χ2n) is 4.45. The van der Waals surface area contributed by atoms with Crippen LogP contribution in [0, 0.1) is 4.77 Å². The maximum atomic E-state index is 12.4. The Balaban J connectivity index is 1.88. The fourth-order valence-electron chi connectivity index (χ4n) is 2.14. The summed E-state index contributed by atoms with van der Waals surface area (Å²) < 4.78 is 3.78. The van der Waals surface area contributed by atoms with E-state index in [1.165, 1.54) is 0 Å². The Morgan fingerprint density at radius 1 is 1.25 bits per heavy atom. The molecule has 0 amide bonds. The number of aromatic nitrogens is 5. The molecule has 3 rings (SSSR count). The van der Waals surface area contributed by atoms with Crippen LogP contribution in [-0.4, -0.2) is 24.5 Å². The highest BCUT2D eigenvalue weighted by Crippen LogP contribution is 2.06. The van der Waals surface area contributed by atoms with E-state index in [-0.39, 0.29) is 5.56 Å². The van der Waals surface area contributed by atoms with Gasteiger partial charge in [-0.2, -0.15) is 0 Å². The fourth-order valence-corrected chi connectivity index (χ4v) is 2.43. The average Bonchev–Trinajstić information content (AvgIpc) is 2.96. The van der Waals surface area contributed by atoms with Crippen LogP contribution in [0.2, 0.25) is 0 Å². The second kappa shape index (κ2) is 5.38. The van der Waals surface area contributed by atoms with Crippen molar-refractivity contribution in [1.29, 1.82) is 0 Å². The van der Waals surface area contributed by atoms with Gasteiger partial charge in [0.15, 0.2) is 4.77 Å². The summed E-state index contributed by atoms with van der Waals surface area (Å²) in [6, 6.07) is 7.38. The third-order valence-electron chi connectivity index (χ3n) is 3.13. The molecular formula is C13H13N5OS. The number of benzene rings is 1. The molecule has 7 heteroatoms. The molecule has 0 spiro atoms. The molecule has 1 aromatic carbocycles. The van der Waals surface area contributed by atoms with E-state index in [2.05, 4.69) is 15.3 Å². The Kier molecular flexibility index (Phi) is 3.42.